The number of fused-ring (bicyclic) bond motifs is 3. The summed E-state index contributed by atoms with van der Waals surface area (Å²) in [6, 6.07) is 13.5. The standard InChI is InChI=1S/C37H36ClFN8O5/c38-28-14-27(4-1-21(28)15-40)52-26-5-2-23(3-6-26)41-35(49)30-7-9-32(44-43-30)47-24-13-25(47)19-45(18-24)16-20-11-22-17-46(37(51)34(22)29(39)12-20)31-8-10-33(48)42-36(31)50/h1,4,7,9,11-12,14,23-26,31H,2-3,5-6,8,10,13,16-19H2,(H,41,49)(H,42,48,50)/t23-,24?,25?,26-,31?. The molecule has 9 rings (SSSR count). The number of anilines is 1. The van der Waals surface area contributed by atoms with Gasteiger partial charge in [0.05, 0.1) is 22.3 Å². The molecule has 3 aromatic rings. The van der Waals surface area contributed by atoms with Crippen LogP contribution in [0, 0.1) is 17.1 Å². The lowest BCUT2D eigenvalue weighted by atomic mass is 9.87. The highest BCUT2D eigenvalue weighted by molar-refractivity contribution is 6.31. The van der Waals surface area contributed by atoms with Crippen molar-refractivity contribution >= 4 is 41.0 Å². The smallest absolute Gasteiger partial charge is 0.272 e. The van der Waals surface area contributed by atoms with Crippen molar-refractivity contribution in [2.24, 2.45) is 0 Å². The predicted octanol–water partition coefficient (Wildman–Crippen LogP) is 3.48. The Balaban J connectivity index is 0.818. The molecule has 0 spiro atoms. The van der Waals surface area contributed by atoms with Crippen LogP contribution >= 0.6 is 11.6 Å². The van der Waals surface area contributed by atoms with E-state index >= 15 is 4.39 Å². The Morgan fingerprint density at radius 1 is 1.04 bits per heavy atom. The van der Waals surface area contributed by atoms with E-state index in [9.17, 15) is 19.2 Å². The maximum absolute atomic E-state index is 15.3. The summed E-state index contributed by atoms with van der Waals surface area (Å²) in [6.45, 7) is 2.13. The number of imide groups is 1. The predicted molar refractivity (Wildman–Crippen MR) is 185 cm³/mol. The number of nitrogens with zero attached hydrogens (tertiary/aromatic N) is 6. The third kappa shape index (κ3) is 6.54. The second-order valence-electron chi connectivity index (χ2n) is 14.3. The summed E-state index contributed by atoms with van der Waals surface area (Å²) in [5, 5.41) is 23.5. The number of hydrogen-bond acceptors (Lipinski definition) is 10. The normalized spacial score (nSPS) is 25.6. The van der Waals surface area contributed by atoms with Crippen molar-refractivity contribution in [3.05, 3.63) is 81.3 Å². The molecule has 268 valence electrons. The second-order valence-corrected chi connectivity index (χ2v) is 14.7. The van der Waals surface area contributed by atoms with Crippen molar-refractivity contribution in [1.29, 1.82) is 5.26 Å². The van der Waals surface area contributed by atoms with Crippen LogP contribution in [0.25, 0.3) is 0 Å². The number of amides is 4. The van der Waals surface area contributed by atoms with Crippen LogP contribution < -0.4 is 20.3 Å². The Labute approximate surface area is 304 Å². The van der Waals surface area contributed by atoms with E-state index in [0.29, 0.717) is 34.3 Å². The van der Waals surface area contributed by atoms with Crippen LogP contribution in [0.3, 0.4) is 0 Å². The number of carbonyl (C=O) groups is 4. The molecule has 1 aliphatic carbocycles. The first-order valence-electron chi connectivity index (χ1n) is 17.6. The van der Waals surface area contributed by atoms with Crippen LogP contribution in [-0.4, -0.2) is 87.0 Å². The number of rotatable bonds is 8. The quantitative estimate of drug-likeness (QED) is 0.329. The summed E-state index contributed by atoms with van der Waals surface area (Å²) in [5.41, 5.74) is 1.98. The minimum absolute atomic E-state index is 0.000921. The van der Waals surface area contributed by atoms with Gasteiger partial charge in [0.25, 0.3) is 11.8 Å². The van der Waals surface area contributed by atoms with E-state index in [2.05, 4.69) is 30.6 Å². The molecule has 13 nitrogen and oxygen atoms in total. The largest absolute Gasteiger partial charge is 0.490 e. The van der Waals surface area contributed by atoms with E-state index in [1.165, 1.54) is 11.0 Å². The van der Waals surface area contributed by atoms with Crippen molar-refractivity contribution in [2.45, 2.75) is 88.3 Å². The molecule has 6 heterocycles. The van der Waals surface area contributed by atoms with E-state index in [1.54, 1.807) is 24.3 Å². The minimum atomic E-state index is -0.790. The van der Waals surface area contributed by atoms with Gasteiger partial charge in [0.15, 0.2) is 11.5 Å². The molecule has 2 N–H and O–H groups in total. The molecule has 3 atom stereocenters. The van der Waals surface area contributed by atoms with E-state index in [0.717, 1.165) is 50.8 Å². The molecule has 4 amide bonds. The van der Waals surface area contributed by atoms with Crippen molar-refractivity contribution < 1.29 is 28.3 Å². The van der Waals surface area contributed by atoms with E-state index in [4.69, 9.17) is 21.6 Å². The first kappa shape index (κ1) is 34.0. The first-order chi connectivity index (χ1) is 25.1. The number of hydrogen-bond donors (Lipinski definition) is 2. The average Bonchev–Trinajstić information content (AvgIpc) is 3.45. The average molecular weight is 727 g/mol. The minimum Gasteiger partial charge on any atom is -0.490 e. The lowest BCUT2D eigenvalue weighted by molar-refractivity contribution is -0.136. The number of benzene rings is 2. The first-order valence-corrected chi connectivity index (χ1v) is 18.0. The fourth-order valence-electron chi connectivity index (χ4n) is 8.29. The Bertz CT molecular complexity index is 1990. The van der Waals surface area contributed by atoms with E-state index in [-0.39, 0.29) is 66.7 Å². The number of carbonyl (C=O) groups excluding carboxylic acids is 4. The fraction of sp³-hybridized carbons (Fsp3) is 0.432. The van der Waals surface area contributed by atoms with Crippen LogP contribution in [0.5, 0.6) is 5.75 Å². The monoisotopic (exact) mass is 726 g/mol. The van der Waals surface area contributed by atoms with Crippen molar-refractivity contribution in [3.8, 4) is 11.8 Å². The topological polar surface area (TPSA) is 161 Å². The number of aromatic nitrogens is 2. The van der Waals surface area contributed by atoms with Gasteiger partial charge in [-0.3, -0.25) is 29.4 Å². The molecular formula is C37H36ClFN8O5. The van der Waals surface area contributed by atoms with Gasteiger partial charge in [-0.2, -0.15) is 5.26 Å². The maximum atomic E-state index is 15.3. The Morgan fingerprint density at radius 3 is 2.52 bits per heavy atom. The van der Waals surface area contributed by atoms with Crippen LogP contribution in [0.4, 0.5) is 10.2 Å². The fourth-order valence-corrected chi connectivity index (χ4v) is 8.50. The van der Waals surface area contributed by atoms with Gasteiger partial charge in [-0.15, -0.1) is 10.2 Å². The highest BCUT2D eigenvalue weighted by Gasteiger charge is 2.46. The highest BCUT2D eigenvalue weighted by atomic mass is 35.5. The van der Waals surface area contributed by atoms with Gasteiger partial charge in [-0.05, 0) is 80.0 Å². The highest BCUT2D eigenvalue weighted by Crippen LogP contribution is 2.37. The van der Waals surface area contributed by atoms with Crippen LogP contribution in [-0.2, 0) is 22.7 Å². The van der Waals surface area contributed by atoms with Crippen molar-refractivity contribution in [2.75, 3.05) is 18.0 Å². The van der Waals surface area contributed by atoms with Crippen molar-refractivity contribution in [3.63, 3.8) is 0 Å². The molecule has 1 aromatic heterocycles. The maximum Gasteiger partial charge on any atom is 0.272 e. The van der Waals surface area contributed by atoms with Gasteiger partial charge in [-0.25, -0.2) is 4.39 Å². The van der Waals surface area contributed by atoms with Gasteiger partial charge < -0.3 is 19.9 Å². The Hall–Kier alpha value is -5.13. The van der Waals surface area contributed by atoms with Gasteiger partial charge in [0.2, 0.25) is 11.8 Å². The second kappa shape index (κ2) is 13.8. The van der Waals surface area contributed by atoms with Gasteiger partial charge >= 0.3 is 0 Å². The summed E-state index contributed by atoms with van der Waals surface area (Å²) < 4.78 is 21.3. The summed E-state index contributed by atoms with van der Waals surface area (Å²) >= 11 is 6.13. The molecule has 2 bridgehead atoms. The molecule has 3 unspecified atom stereocenters. The molecule has 6 aliphatic rings. The number of nitriles is 1. The van der Waals surface area contributed by atoms with Crippen LogP contribution in [0.1, 0.15) is 82.5 Å². The molecule has 1 saturated carbocycles. The Morgan fingerprint density at radius 2 is 1.83 bits per heavy atom. The third-order valence-corrected chi connectivity index (χ3v) is 11.1. The lowest BCUT2D eigenvalue weighted by Crippen LogP contribution is -2.69. The molecule has 0 radical (unpaired) electrons. The Kier molecular flexibility index (Phi) is 9.00. The van der Waals surface area contributed by atoms with Crippen molar-refractivity contribution in [1.82, 2.24) is 30.6 Å². The van der Waals surface area contributed by atoms with Gasteiger partial charge in [0, 0.05) is 56.8 Å². The van der Waals surface area contributed by atoms with Crippen LogP contribution in [0.2, 0.25) is 5.02 Å². The molecule has 4 saturated heterocycles. The number of piperazine rings is 1. The van der Waals surface area contributed by atoms with Crippen LogP contribution in [0.15, 0.2) is 42.5 Å². The molecule has 5 fully saturated rings. The molecule has 2 aromatic carbocycles. The zero-order valence-corrected chi connectivity index (χ0v) is 28.9. The summed E-state index contributed by atoms with van der Waals surface area (Å²) in [6.07, 6.45) is 4.43. The third-order valence-electron chi connectivity index (χ3n) is 10.8. The SMILES string of the molecule is N#Cc1ccc(O[C@H]2CC[C@H](NC(=O)c3ccc(N4C5CC4CN(Cc4cc(F)c6c(c4)CN(C4CCC(=O)NC4=O)C6=O)C5)nn3)CC2)cc1Cl. The summed E-state index contributed by atoms with van der Waals surface area (Å²) in [7, 11) is 0. The zero-order valence-electron chi connectivity index (χ0n) is 28.2. The summed E-state index contributed by atoms with van der Waals surface area (Å²) in [4.78, 5) is 55.9. The van der Waals surface area contributed by atoms with E-state index in [1.807, 2.05) is 18.2 Å². The number of halogens is 2. The summed E-state index contributed by atoms with van der Waals surface area (Å²) in [5.74, 6) is -0.923. The van der Waals surface area contributed by atoms with Gasteiger partial charge in [0.1, 0.15) is 23.7 Å². The number of piperidine rings is 2. The molecular weight excluding hydrogens is 691 g/mol. The van der Waals surface area contributed by atoms with E-state index < -0.39 is 23.7 Å². The lowest BCUT2D eigenvalue weighted by Gasteiger charge is -2.56. The number of ether oxygens (including phenoxy) is 1. The molecule has 52 heavy (non-hydrogen) atoms. The molecule has 5 aliphatic heterocycles. The number of nitrogens with one attached hydrogen (secondary N) is 2. The molecule has 15 heteroatoms. The van der Waals surface area contributed by atoms with Gasteiger partial charge in [-0.1, -0.05) is 17.7 Å². The zero-order chi connectivity index (χ0) is 36.1.